The van der Waals surface area contributed by atoms with Crippen molar-refractivity contribution >= 4 is 23.2 Å². The number of likely N-dealkylation sites (tertiary alicyclic amines) is 1. The van der Waals surface area contributed by atoms with E-state index in [0.717, 1.165) is 24.6 Å². The molecule has 2 aliphatic rings. The maximum absolute atomic E-state index is 10.1. The van der Waals surface area contributed by atoms with Crippen LogP contribution in [0.5, 0.6) is 5.75 Å². The fraction of sp³-hybridized carbons (Fsp3) is 0.625. The monoisotopic (exact) mass is 313 g/mol. The van der Waals surface area contributed by atoms with E-state index in [1.807, 2.05) is 6.07 Å². The molecule has 0 spiro atoms. The molecule has 2 fully saturated rings. The van der Waals surface area contributed by atoms with E-state index < -0.39 is 0 Å². The number of rotatable bonds is 2. The number of hydrogen-bond acceptors (Lipinski definition) is 2. The van der Waals surface area contributed by atoms with Gasteiger partial charge in [-0.2, -0.15) is 0 Å². The van der Waals surface area contributed by atoms with Crippen LogP contribution >= 0.6 is 23.2 Å². The average Bonchev–Trinajstić information content (AvgIpc) is 2.44. The van der Waals surface area contributed by atoms with Crippen LogP contribution in [0.25, 0.3) is 0 Å². The number of benzene rings is 1. The molecule has 0 unspecified atom stereocenters. The molecule has 110 valence electrons. The van der Waals surface area contributed by atoms with Crippen LogP contribution in [0.2, 0.25) is 10.0 Å². The fourth-order valence-electron chi connectivity index (χ4n) is 3.88. The minimum Gasteiger partial charge on any atom is -0.506 e. The van der Waals surface area contributed by atoms with Gasteiger partial charge in [0.1, 0.15) is 5.75 Å². The van der Waals surface area contributed by atoms with Gasteiger partial charge in [-0.15, -0.1) is 0 Å². The molecule has 1 N–H and O–H groups in total. The highest BCUT2D eigenvalue weighted by Crippen LogP contribution is 2.38. The first-order chi connectivity index (χ1) is 9.65. The quantitative estimate of drug-likeness (QED) is 0.843. The largest absolute Gasteiger partial charge is 0.506 e. The molecule has 2 atom stereocenters. The number of aromatic hydroxyl groups is 1. The van der Waals surface area contributed by atoms with Gasteiger partial charge in [0.05, 0.1) is 5.02 Å². The standard InChI is InChI=1S/C16H21Cl2NO/c17-13-8-12(16(20)14(18)9-13)10-19-7-3-5-11-4-1-2-6-15(11)19/h8-9,11,15,20H,1-7,10H2/t11-,15-/m1/s1. The molecule has 1 aromatic rings. The van der Waals surface area contributed by atoms with Crippen molar-refractivity contribution in [1.29, 1.82) is 0 Å². The maximum atomic E-state index is 10.1. The Balaban J connectivity index is 1.79. The van der Waals surface area contributed by atoms with E-state index in [0.29, 0.717) is 16.1 Å². The van der Waals surface area contributed by atoms with Gasteiger partial charge in [0.15, 0.2) is 0 Å². The molecule has 1 aromatic carbocycles. The molecule has 1 aliphatic carbocycles. The lowest BCUT2D eigenvalue weighted by Crippen LogP contribution is -2.46. The third kappa shape index (κ3) is 2.93. The Morgan fingerprint density at radius 3 is 2.70 bits per heavy atom. The van der Waals surface area contributed by atoms with Crippen LogP contribution in [-0.4, -0.2) is 22.6 Å². The Hall–Kier alpha value is -0.440. The van der Waals surface area contributed by atoms with Gasteiger partial charge in [-0.1, -0.05) is 36.0 Å². The van der Waals surface area contributed by atoms with Crippen molar-refractivity contribution in [3.63, 3.8) is 0 Å². The summed E-state index contributed by atoms with van der Waals surface area (Å²) in [6, 6.07) is 4.12. The molecule has 0 amide bonds. The van der Waals surface area contributed by atoms with Gasteiger partial charge in [0.25, 0.3) is 0 Å². The Morgan fingerprint density at radius 1 is 1.10 bits per heavy atom. The number of hydrogen-bond donors (Lipinski definition) is 1. The summed E-state index contributed by atoms with van der Waals surface area (Å²) >= 11 is 12.1. The second-order valence-electron chi connectivity index (χ2n) is 6.12. The van der Waals surface area contributed by atoms with Crippen molar-refractivity contribution < 1.29 is 5.11 Å². The molecule has 0 aromatic heterocycles. The zero-order chi connectivity index (χ0) is 14.1. The number of piperidine rings is 1. The van der Waals surface area contributed by atoms with Gasteiger partial charge in [-0.25, -0.2) is 0 Å². The minimum absolute atomic E-state index is 0.189. The first-order valence-corrected chi connectivity index (χ1v) is 8.31. The smallest absolute Gasteiger partial charge is 0.138 e. The molecule has 4 heteroatoms. The molecule has 1 saturated heterocycles. The summed E-state index contributed by atoms with van der Waals surface area (Å²) in [6.07, 6.45) is 7.99. The van der Waals surface area contributed by atoms with Crippen molar-refractivity contribution in [2.75, 3.05) is 6.54 Å². The van der Waals surface area contributed by atoms with Gasteiger partial charge < -0.3 is 5.11 Å². The van der Waals surface area contributed by atoms with Crippen LogP contribution in [0.1, 0.15) is 44.1 Å². The van der Waals surface area contributed by atoms with E-state index in [1.54, 1.807) is 6.07 Å². The van der Waals surface area contributed by atoms with Gasteiger partial charge in [-0.05, 0) is 50.3 Å². The van der Waals surface area contributed by atoms with Gasteiger partial charge >= 0.3 is 0 Å². The first-order valence-electron chi connectivity index (χ1n) is 7.56. The predicted octanol–water partition coefficient (Wildman–Crippen LogP) is 4.85. The number of phenolic OH excluding ortho intramolecular Hbond substituents is 1. The van der Waals surface area contributed by atoms with E-state index in [-0.39, 0.29) is 5.75 Å². The molecular formula is C16H21Cl2NO. The molecular weight excluding hydrogens is 293 g/mol. The normalized spacial score (nSPS) is 27.3. The highest BCUT2D eigenvalue weighted by molar-refractivity contribution is 6.35. The van der Waals surface area contributed by atoms with Crippen molar-refractivity contribution in [3.8, 4) is 5.75 Å². The van der Waals surface area contributed by atoms with Crippen LogP contribution in [0, 0.1) is 5.92 Å². The third-order valence-electron chi connectivity index (χ3n) is 4.84. The molecule has 2 nitrogen and oxygen atoms in total. The van der Waals surface area contributed by atoms with Crippen LogP contribution in [0.15, 0.2) is 12.1 Å². The lowest BCUT2D eigenvalue weighted by Gasteiger charge is -2.44. The number of nitrogens with zero attached hydrogens (tertiary/aromatic N) is 1. The zero-order valence-electron chi connectivity index (χ0n) is 11.6. The Morgan fingerprint density at radius 2 is 1.85 bits per heavy atom. The number of halogens is 2. The summed E-state index contributed by atoms with van der Waals surface area (Å²) in [6.45, 7) is 1.87. The summed E-state index contributed by atoms with van der Waals surface area (Å²) in [5.74, 6) is 1.03. The van der Waals surface area contributed by atoms with Crippen molar-refractivity contribution in [2.45, 2.75) is 51.1 Å². The van der Waals surface area contributed by atoms with Gasteiger partial charge in [0.2, 0.25) is 0 Å². The Labute approximate surface area is 130 Å². The van der Waals surface area contributed by atoms with Crippen LogP contribution in [-0.2, 0) is 6.54 Å². The molecule has 1 saturated carbocycles. The highest BCUT2D eigenvalue weighted by atomic mass is 35.5. The van der Waals surface area contributed by atoms with E-state index in [4.69, 9.17) is 23.2 Å². The molecule has 20 heavy (non-hydrogen) atoms. The summed E-state index contributed by atoms with van der Waals surface area (Å²) in [7, 11) is 0. The van der Waals surface area contributed by atoms with Crippen molar-refractivity contribution in [2.24, 2.45) is 5.92 Å². The maximum Gasteiger partial charge on any atom is 0.138 e. The number of fused-ring (bicyclic) bond motifs is 1. The fourth-order valence-corrected chi connectivity index (χ4v) is 4.42. The van der Waals surface area contributed by atoms with Gasteiger partial charge in [-0.3, -0.25) is 4.90 Å². The minimum atomic E-state index is 0.189. The zero-order valence-corrected chi connectivity index (χ0v) is 13.1. The van der Waals surface area contributed by atoms with Crippen LogP contribution < -0.4 is 0 Å². The summed E-state index contributed by atoms with van der Waals surface area (Å²) in [5, 5.41) is 11.1. The highest BCUT2D eigenvalue weighted by Gasteiger charge is 2.33. The van der Waals surface area contributed by atoms with Crippen molar-refractivity contribution in [1.82, 2.24) is 4.90 Å². The Bertz CT molecular complexity index is 490. The van der Waals surface area contributed by atoms with Crippen LogP contribution in [0.3, 0.4) is 0 Å². The van der Waals surface area contributed by atoms with Gasteiger partial charge in [0, 0.05) is 23.2 Å². The predicted molar refractivity (Wildman–Crippen MR) is 83.5 cm³/mol. The second-order valence-corrected chi connectivity index (χ2v) is 6.96. The lowest BCUT2D eigenvalue weighted by atomic mass is 9.78. The lowest BCUT2D eigenvalue weighted by molar-refractivity contribution is 0.0541. The number of phenols is 1. The third-order valence-corrected chi connectivity index (χ3v) is 5.35. The summed E-state index contributed by atoms with van der Waals surface area (Å²) in [4.78, 5) is 2.52. The molecule has 0 radical (unpaired) electrons. The van der Waals surface area contributed by atoms with E-state index >= 15 is 0 Å². The molecule has 0 bridgehead atoms. The molecule has 1 heterocycles. The first kappa shape index (κ1) is 14.5. The molecule has 3 rings (SSSR count). The molecule has 1 aliphatic heterocycles. The van der Waals surface area contributed by atoms with E-state index in [1.165, 1.54) is 38.5 Å². The topological polar surface area (TPSA) is 23.5 Å². The van der Waals surface area contributed by atoms with E-state index in [9.17, 15) is 5.11 Å². The second kappa shape index (κ2) is 6.13. The summed E-state index contributed by atoms with van der Waals surface area (Å²) < 4.78 is 0. The summed E-state index contributed by atoms with van der Waals surface area (Å²) in [5.41, 5.74) is 0.855. The SMILES string of the molecule is Oc1c(Cl)cc(Cl)cc1CN1CCC[C@H]2CCCC[C@H]21. The average molecular weight is 314 g/mol. The van der Waals surface area contributed by atoms with E-state index in [2.05, 4.69) is 4.90 Å². The van der Waals surface area contributed by atoms with Crippen molar-refractivity contribution in [3.05, 3.63) is 27.7 Å². The van der Waals surface area contributed by atoms with Crippen LogP contribution in [0.4, 0.5) is 0 Å². The Kier molecular flexibility index (Phi) is 4.44.